The molecule has 0 aliphatic heterocycles. The minimum absolute atomic E-state index is 0.0784. The van der Waals surface area contributed by atoms with Crippen LogP contribution in [0.25, 0.3) is 10.9 Å². The fourth-order valence-electron chi connectivity index (χ4n) is 2.18. The number of fused-ring (bicyclic) bond motifs is 1. The zero-order valence-electron chi connectivity index (χ0n) is 10.9. The standard InChI is InChI=1S/C16H13FN2O/c1-10-8-11(17)6-7-14(10)18-9-13-12-4-2-3-5-15(12)19-16(13)20/h2-9,19-20H,1H3. The molecular formula is C16H13FN2O. The quantitative estimate of drug-likeness (QED) is 0.676. The molecule has 0 aliphatic carbocycles. The predicted molar refractivity (Wildman–Crippen MR) is 78.4 cm³/mol. The summed E-state index contributed by atoms with van der Waals surface area (Å²) < 4.78 is 13.0. The first kappa shape index (κ1) is 12.4. The van der Waals surface area contributed by atoms with Crippen LogP contribution in [-0.4, -0.2) is 16.3 Å². The Kier molecular flexibility index (Phi) is 2.99. The molecule has 3 aromatic rings. The summed E-state index contributed by atoms with van der Waals surface area (Å²) in [5, 5.41) is 10.8. The fraction of sp³-hybridized carbons (Fsp3) is 0.0625. The number of nitrogens with one attached hydrogen (secondary N) is 1. The summed E-state index contributed by atoms with van der Waals surface area (Å²) in [6.07, 6.45) is 1.59. The van der Waals surface area contributed by atoms with Crippen LogP contribution in [0.15, 0.2) is 47.5 Å². The van der Waals surface area contributed by atoms with Crippen molar-refractivity contribution in [1.82, 2.24) is 4.98 Å². The average Bonchev–Trinajstić information content (AvgIpc) is 2.74. The third-order valence-electron chi connectivity index (χ3n) is 3.22. The number of aryl methyl sites for hydroxylation is 1. The van der Waals surface area contributed by atoms with E-state index in [1.807, 2.05) is 24.3 Å². The van der Waals surface area contributed by atoms with E-state index < -0.39 is 0 Å². The van der Waals surface area contributed by atoms with E-state index in [-0.39, 0.29) is 11.7 Å². The largest absolute Gasteiger partial charge is 0.494 e. The summed E-state index contributed by atoms with van der Waals surface area (Å²) in [7, 11) is 0. The van der Waals surface area contributed by atoms with E-state index in [1.165, 1.54) is 12.1 Å². The Morgan fingerprint density at radius 2 is 2.00 bits per heavy atom. The predicted octanol–water partition coefficient (Wildman–Crippen LogP) is 4.07. The lowest BCUT2D eigenvalue weighted by Crippen LogP contribution is -1.82. The lowest BCUT2D eigenvalue weighted by Gasteiger charge is -1.99. The molecule has 1 heterocycles. The van der Waals surface area contributed by atoms with Crippen molar-refractivity contribution in [3.63, 3.8) is 0 Å². The van der Waals surface area contributed by atoms with E-state index in [9.17, 15) is 9.50 Å². The third-order valence-corrected chi connectivity index (χ3v) is 3.22. The van der Waals surface area contributed by atoms with E-state index in [0.717, 1.165) is 16.5 Å². The van der Waals surface area contributed by atoms with Crippen LogP contribution in [0.5, 0.6) is 5.88 Å². The summed E-state index contributed by atoms with van der Waals surface area (Å²) in [5.41, 5.74) is 2.91. The van der Waals surface area contributed by atoms with Crippen LogP contribution in [0.4, 0.5) is 10.1 Å². The van der Waals surface area contributed by atoms with Gasteiger partial charge in [-0.05, 0) is 36.8 Å². The highest BCUT2D eigenvalue weighted by Crippen LogP contribution is 2.26. The van der Waals surface area contributed by atoms with Crippen molar-refractivity contribution in [3.05, 3.63) is 59.4 Å². The maximum absolute atomic E-state index is 13.0. The Hall–Kier alpha value is -2.62. The van der Waals surface area contributed by atoms with Crippen LogP contribution in [0, 0.1) is 12.7 Å². The van der Waals surface area contributed by atoms with Gasteiger partial charge in [0.05, 0.1) is 11.3 Å². The minimum atomic E-state index is -0.281. The number of H-pyrrole nitrogens is 1. The SMILES string of the molecule is Cc1cc(F)ccc1N=Cc1c(O)[nH]c2ccccc12. The van der Waals surface area contributed by atoms with Gasteiger partial charge in [-0.2, -0.15) is 0 Å². The molecule has 2 N–H and O–H groups in total. The second-order valence-corrected chi connectivity index (χ2v) is 4.62. The third kappa shape index (κ3) is 2.16. The number of rotatable bonds is 2. The molecule has 0 atom stereocenters. The van der Waals surface area contributed by atoms with E-state index in [1.54, 1.807) is 19.2 Å². The second-order valence-electron chi connectivity index (χ2n) is 4.62. The number of hydrogen-bond acceptors (Lipinski definition) is 2. The molecule has 3 rings (SSSR count). The maximum Gasteiger partial charge on any atom is 0.198 e. The van der Waals surface area contributed by atoms with Crippen molar-refractivity contribution in [1.29, 1.82) is 0 Å². The highest BCUT2D eigenvalue weighted by atomic mass is 19.1. The van der Waals surface area contributed by atoms with Crippen molar-refractivity contribution in [2.45, 2.75) is 6.92 Å². The molecule has 0 radical (unpaired) electrons. The molecule has 0 saturated carbocycles. The van der Waals surface area contributed by atoms with Gasteiger partial charge in [0.1, 0.15) is 5.82 Å². The molecule has 0 spiro atoms. The van der Waals surface area contributed by atoms with Gasteiger partial charge >= 0.3 is 0 Å². The number of aromatic hydroxyl groups is 1. The van der Waals surface area contributed by atoms with Gasteiger partial charge in [0.15, 0.2) is 5.88 Å². The van der Waals surface area contributed by atoms with Gasteiger partial charge in [-0.1, -0.05) is 18.2 Å². The van der Waals surface area contributed by atoms with Crippen molar-refractivity contribution in [2.24, 2.45) is 4.99 Å². The number of halogens is 1. The highest BCUT2D eigenvalue weighted by molar-refractivity contribution is 6.02. The summed E-state index contributed by atoms with van der Waals surface area (Å²) in [4.78, 5) is 7.22. The molecule has 0 bridgehead atoms. The van der Waals surface area contributed by atoms with Crippen molar-refractivity contribution < 1.29 is 9.50 Å². The fourth-order valence-corrected chi connectivity index (χ4v) is 2.18. The molecule has 4 heteroatoms. The number of aromatic nitrogens is 1. The molecule has 0 aliphatic rings. The Morgan fingerprint density at radius 3 is 2.80 bits per heavy atom. The summed E-state index contributed by atoms with van der Waals surface area (Å²) in [6.45, 7) is 1.80. The first-order valence-corrected chi connectivity index (χ1v) is 6.25. The average molecular weight is 268 g/mol. The summed E-state index contributed by atoms with van der Waals surface area (Å²) in [5.74, 6) is -0.203. The van der Waals surface area contributed by atoms with Gasteiger partial charge in [0.2, 0.25) is 0 Å². The van der Waals surface area contributed by atoms with Crippen molar-refractivity contribution in [3.8, 4) is 5.88 Å². The van der Waals surface area contributed by atoms with Crippen molar-refractivity contribution in [2.75, 3.05) is 0 Å². The Labute approximate surface area is 115 Å². The van der Waals surface area contributed by atoms with Crippen molar-refractivity contribution >= 4 is 22.8 Å². The monoisotopic (exact) mass is 268 g/mol. The topological polar surface area (TPSA) is 48.4 Å². The number of hydrogen-bond donors (Lipinski definition) is 2. The first-order valence-electron chi connectivity index (χ1n) is 6.25. The lowest BCUT2D eigenvalue weighted by atomic mass is 10.1. The minimum Gasteiger partial charge on any atom is -0.494 e. The zero-order valence-corrected chi connectivity index (χ0v) is 10.9. The Balaban J connectivity index is 2.04. The first-order chi connectivity index (χ1) is 9.65. The van der Waals surface area contributed by atoms with E-state index in [2.05, 4.69) is 9.98 Å². The van der Waals surface area contributed by atoms with Gasteiger partial charge in [0.25, 0.3) is 0 Å². The molecule has 0 unspecified atom stereocenters. The van der Waals surface area contributed by atoms with Crippen LogP contribution in [-0.2, 0) is 0 Å². The van der Waals surface area contributed by atoms with Crippen LogP contribution in [0.3, 0.4) is 0 Å². The maximum atomic E-state index is 13.0. The summed E-state index contributed by atoms with van der Waals surface area (Å²) in [6, 6.07) is 12.0. The molecular weight excluding hydrogens is 255 g/mol. The Bertz CT molecular complexity index is 805. The number of aromatic amines is 1. The molecule has 0 fully saturated rings. The lowest BCUT2D eigenvalue weighted by molar-refractivity contribution is 0.457. The number of nitrogens with zero attached hydrogens (tertiary/aromatic N) is 1. The number of para-hydroxylation sites is 1. The van der Waals surface area contributed by atoms with E-state index in [4.69, 9.17) is 0 Å². The smallest absolute Gasteiger partial charge is 0.198 e. The zero-order chi connectivity index (χ0) is 14.1. The molecule has 0 saturated heterocycles. The van der Waals surface area contributed by atoms with Gasteiger partial charge in [0, 0.05) is 17.1 Å². The molecule has 100 valence electrons. The van der Waals surface area contributed by atoms with E-state index in [0.29, 0.717) is 11.3 Å². The molecule has 3 nitrogen and oxygen atoms in total. The molecule has 20 heavy (non-hydrogen) atoms. The molecule has 1 aromatic heterocycles. The van der Waals surface area contributed by atoms with Gasteiger partial charge < -0.3 is 10.1 Å². The number of aliphatic imine (C=N–C) groups is 1. The van der Waals surface area contributed by atoms with Crippen LogP contribution >= 0.6 is 0 Å². The van der Waals surface area contributed by atoms with Gasteiger partial charge in [-0.25, -0.2) is 4.39 Å². The van der Waals surface area contributed by atoms with Gasteiger partial charge in [-0.3, -0.25) is 4.99 Å². The van der Waals surface area contributed by atoms with Crippen LogP contribution in [0.2, 0.25) is 0 Å². The second kappa shape index (κ2) is 4.81. The summed E-state index contributed by atoms with van der Waals surface area (Å²) >= 11 is 0. The molecule has 2 aromatic carbocycles. The van der Waals surface area contributed by atoms with Gasteiger partial charge in [-0.15, -0.1) is 0 Å². The number of benzene rings is 2. The van der Waals surface area contributed by atoms with E-state index >= 15 is 0 Å². The van der Waals surface area contributed by atoms with Crippen LogP contribution < -0.4 is 0 Å². The molecule has 0 amide bonds. The Morgan fingerprint density at radius 1 is 1.20 bits per heavy atom. The normalized spacial score (nSPS) is 11.5. The van der Waals surface area contributed by atoms with Crippen LogP contribution in [0.1, 0.15) is 11.1 Å². The highest BCUT2D eigenvalue weighted by Gasteiger charge is 2.08.